The van der Waals surface area contributed by atoms with Gasteiger partial charge in [-0.3, -0.25) is 19.3 Å². The molecule has 1 aromatic heterocycles. The van der Waals surface area contributed by atoms with Crippen molar-refractivity contribution in [2.45, 2.75) is 31.7 Å². The minimum Gasteiger partial charge on any atom is -0.365 e. The molecule has 10 heteroatoms. The molecule has 30 heavy (non-hydrogen) atoms. The Morgan fingerprint density at radius 1 is 1.27 bits per heavy atom. The number of aryl methyl sites for hydroxylation is 1. The van der Waals surface area contributed by atoms with Gasteiger partial charge in [0, 0.05) is 9.90 Å². The lowest BCUT2D eigenvalue weighted by atomic mass is 9.92. The van der Waals surface area contributed by atoms with E-state index in [-0.39, 0.29) is 0 Å². The predicted octanol–water partition coefficient (Wildman–Crippen LogP) is 2.39. The lowest BCUT2D eigenvalue weighted by Crippen LogP contribution is -2.42. The molecule has 1 aliphatic carbocycles. The molecular formula is C20H19ClN4O4S. The number of rotatable bonds is 5. The molecule has 4 N–H and O–H groups in total. The van der Waals surface area contributed by atoms with Crippen LogP contribution in [0.15, 0.2) is 24.3 Å². The summed E-state index contributed by atoms with van der Waals surface area (Å²) in [6, 6.07) is 5.88. The van der Waals surface area contributed by atoms with Crippen LogP contribution in [0.1, 0.15) is 39.7 Å². The molecule has 0 unspecified atom stereocenters. The number of hydrogen-bond donors (Lipinski definition) is 3. The fourth-order valence-electron chi connectivity index (χ4n) is 3.88. The summed E-state index contributed by atoms with van der Waals surface area (Å²) in [5.74, 6) is -1.73. The summed E-state index contributed by atoms with van der Waals surface area (Å²) in [5.41, 5.74) is 5.96. The molecule has 8 nitrogen and oxygen atoms in total. The van der Waals surface area contributed by atoms with Gasteiger partial charge >= 0.3 is 6.03 Å². The predicted molar refractivity (Wildman–Crippen MR) is 113 cm³/mol. The van der Waals surface area contributed by atoms with Crippen LogP contribution in [0, 0.1) is 0 Å². The first-order chi connectivity index (χ1) is 14.2. The first kappa shape index (κ1) is 20.4. The van der Waals surface area contributed by atoms with Crippen molar-refractivity contribution >= 4 is 51.7 Å². The maximum Gasteiger partial charge on any atom is 0.325 e. The highest BCUT2D eigenvalue weighted by Crippen LogP contribution is 2.39. The van der Waals surface area contributed by atoms with Gasteiger partial charge in [0.2, 0.25) is 5.91 Å². The quantitative estimate of drug-likeness (QED) is 0.610. The largest absolute Gasteiger partial charge is 0.365 e. The molecule has 2 heterocycles. The average molecular weight is 447 g/mol. The third kappa shape index (κ3) is 3.33. The smallest absolute Gasteiger partial charge is 0.325 e. The van der Waals surface area contributed by atoms with Gasteiger partial charge in [0.25, 0.3) is 11.8 Å². The number of nitrogens with one attached hydrogen (secondary N) is 2. The maximum absolute atomic E-state index is 13.0. The zero-order valence-corrected chi connectivity index (χ0v) is 17.7. The number of halogens is 1. The van der Waals surface area contributed by atoms with Crippen LogP contribution in [-0.2, 0) is 28.0 Å². The summed E-state index contributed by atoms with van der Waals surface area (Å²) in [4.78, 5) is 51.8. The molecule has 0 saturated carbocycles. The molecule has 1 atom stereocenters. The van der Waals surface area contributed by atoms with Gasteiger partial charge in [-0.15, -0.1) is 11.3 Å². The number of hydrogen-bond acceptors (Lipinski definition) is 5. The zero-order chi connectivity index (χ0) is 21.6. The first-order valence-corrected chi connectivity index (χ1v) is 10.5. The molecule has 0 spiro atoms. The molecule has 1 aliphatic heterocycles. The van der Waals surface area contributed by atoms with Crippen molar-refractivity contribution in [2.24, 2.45) is 5.73 Å². The number of primary amides is 1. The topological polar surface area (TPSA) is 122 Å². The Labute approximate surface area is 181 Å². The van der Waals surface area contributed by atoms with Gasteiger partial charge in [-0.2, -0.15) is 0 Å². The second-order valence-corrected chi connectivity index (χ2v) is 8.97. The Kier molecular flexibility index (Phi) is 5.03. The van der Waals surface area contributed by atoms with E-state index in [9.17, 15) is 19.2 Å². The summed E-state index contributed by atoms with van der Waals surface area (Å²) < 4.78 is 0. The van der Waals surface area contributed by atoms with Gasteiger partial charge in [-0.25, -0.2) is 4.79 Å². The van der Waals surface area contributed by atoms with Crippen molar-refractivity contribution in [3.63, 3.8) is 0 Å². The van der Waals surface area contributed by atoms with Crippen molar-refractivity contribution < 1.29 is 19.2 Å². The van der Waals surface area contributed by atoms with Crippen LogP contribution in [-0.4, -0.2) is 35.2 Å². The van der Waals surface area contributed by atoms with Crippen LogP contribution in [0.5, 0.6) is 0 Å². The third-order valence-corrected chi connectivity index (χ3v) is 6.88. The number of carbonyl (C=O) groups is 4. The summed E-state index contributed by atoms with van der Waals surface area (Å²) in [6.45, 7) is 1.10. The van der Waals surface area contributed by atoms with Gasteiger partial charge in [0.05, 0.1) is 5.56 Å². The fourth-order valence-corrected chi connectivity index (χ4v) is 5.32. The van der Waals surface area contributed by atoms with E-state index in [0.29, 0.717) is 21.2 Å². The van der Waals surface area contributed by atoms with E-state index in [1.54, 1.807) is 31.2 Å². The van der Waals surface area contributed by atoms with Crippen molar-refractivity contribution in [3.05, 3.63) is 50.9 Å². The van der Waals surface area contributed by atoms with Crippen molar-refractivity contribution in [3.8, 4) is 0 Å². The normalized spacial score (nSPS) is 20.3. The van der Waals surface area contributed by atoms with Crippen LogP contribution < -0.4 is 16.4 Å². The number of urea groups is 1. The zero-order valence-electron chi connectivity index (χ0n) is 16.1. The highest BCUT2D eigenvalue weighted by atomic mass is 35.5. The monoisotopic (exact) mass is 446 g/mol. The number of nitrogens with two attached hydrogens (primary N) is 1. The first-order valence-electron chi connectivity index (χ1n) is 9.35. The van der Waals surface area contributed by atoms with Crippen molar-refractivity contribution in [2.75, 3.05) is 11.9 Å². The van der Waals surface area contributed by atoms with E-state index in [1.165, 1.54) is 11.3 Å². The van der Waals surface area contributed by atoms with Crippen LogP contribution >= 0.6 is 22.9 Å². The molecule has 0 radical (unpaired) electrons. The number of thiophene rings is 1. The van der Waals surface area contributed by atoms with Gasteiger partial charge in [-0.05, 0) is 49.4 Å². The fraction of sp³-hybridized carbons (Fsp3) is 0.300. The van der Waals surface area contributed by atoms with Crippen LogP contribution in [0.25, 0.3) is 0 Å². The number of carbonyl (C=O) groups excluding carboxylic acids is 4. The maximum atomic E-state index is 13.0. The number of imide groups is 1. The number of anilines is 1. The lowest BCUT2D eigenvalue weighted by molar-refractivity contribution is -0.133. The molecule has 0 bridgehead atoms. The number of amides is 5. The number of nitrogens with zero attached hydrogens (tertiary/aromatic N) is 1. The second-order valence-electron chi connectivity index (χ2n) is 7.43. The van der Waals surface area contributed by atoms with E-state index in [4.69, 9.17) is 17.3 Å². The molecular weight excluding hydrogens is 428 g/mol. The minimum atomic E-state index is -1.30. The molecule has 156 valence electrons. The van der Waals surface area contributed by atoms with Gasteiger partial charge in [0.15, 0.2) is 0 Å². The minimum absolute atomic E-state index is 0.323. The average Bonchev–Trinajstić information content (AvgIpc) is 3.31. The molecule has 2 aliphatic rings. The summed E-state index contributed by atoms with van der Waals surface area (Å²) in [7, 11) is 0. The Hall–Kier alpha value is -2.91. The lowest BCUT2D eigenvalue weighted by Gasteiger charge is -2.22. The second kappa shape index (κ2) is 7.41. The molecule has 5 amide bonds. The van der Waals surface area contributed by atoms with Crippen LogP contribution in [0.2, 0.25) is 5.02 Å². The van der Waals surface area contributed by atoms with Gasteiger partial charge in [0.1, 0.15) is 17.1 Å². The van der Waals surface area contributed by atoms with E-state index in [2.05, 4.69) is 10.6 Å². The van der Waals surface area contributed by atoms with Crippen LogP contribution in [0.4, 0.5) is 9.80 Å². The van der Waals surface area contributed by atoms with Gasteiger partial charge < -0.3 is 16.4 Å². The van der Waals surface area contributed by atoms with E-state index < -0.39 is 35.8 Å². The van der Waals surface area contributed by atoms with Crippen molar-refractivity contribution in [1.29, 1.82) is 0 Å². The van der Waals surface area contributed by atoms with E-state index in [1.807, 2.05) is 0 Å². The van der Waals surface area contributed by atoms with E-state index in [0.717, 1.165) is 34.6 Å². The van der Waals surface area contributed by atoms with E-state index >= 15 is 0 Å². The number of benzene rings is 1. The molecule has 1 aromatic carbocycles. The number of fused-ring (bicyclic) bond motifs is 1. The Balaban J connectivity index is 1.52. The Morgan fingerprint density at radius 2 is 1.97 bits per heavy atom. The molecule has 4 rings (SSSR count). The Bertz CT molecular complexity index is 1080. The van der Waals surface area contributed by atoms with Crippen LogP contribution in [0.3, 0.4) is 0 Å². The summed E-state index contributed by atoms with van der Waals surface area (Å²) in [5, 5.41) is 6.16. The molecule has 2 aromatic rings. The molecule has 1 saturated heterocycles. The van der Waals surface area contributed by atoms with Gasteiger partial charge in [-0.1, -0.05) is 23.7 Å². The summed E-state index contributed by atoms with van der Waals surface area (Å²) in [6.07, 6.45) is 2.52. The third-order valence-electron chi connectivity index (χ3n) is 5.42. The SMILES string of the molecule is C[C@]1(c2ccc(Cl)cc2)NC(=O)N(CC(=O)Nc2sc3c(c2C(N)=O)CCC3)C1=O. The van der Waals surface area contributed by atoms with Crippen molar-refractivity contribution in [1.82, 2.24) is 10.2 Å². The standard InChI is InChI=1S/C20H19ClN4O4S/c1-20(10-5-7-11(21)8-6-10)18(28)25(19(29)24-20)9-14(26)23-17-15(16(22)27)12-3-2-4-13(12)30-17/h5-8H,2-4,9H2,1H3,(H2,22,27)(H,23,26)(H,24,29)/t20-/m1/s1. The summed E-state index contributed by atoms with van der Waals surface area (Å²) >= 11 is 7.21. The Morgan fingerprint density at radius 3 is 2.63 bits per heavy atom. The highest BCUT2D eigenvalue weighted by molar-refractivity contribution is 7.17. The molecule has 1 fully saturated rings. The highest BCUT2D eigenvalue weighted by Gasteiger charge is 2.49.